The highest BCUT2D eigenvalue weighted by atomic mass is 35.5. The molecule has 136 valence electrons. The first kappa shape index (κ1) is 17.6. The highest BCUT2D eigenvalue weighted by molar-refractivity contribution is 6.33. The molecule has 1 aliphatic carbocycles. The van der Waals surface area contributed by atoms with Gasteiger partial charge in [-0.05, 0) is 48.8 Å². The Morgan fingerprint density at radius 1 is 1.15 bits per heavy atom. The summed E-state index contributed by atoms with van der Waals surface area (Å²) in [4.78, 5) is 11.6. The summed E-state index contributed by atoms with van der Waals surface area (Å²) in [5, 5.41) is 14.8. The third kappa shape index (κ3) is 3.80. The number of aliphatic hydroxyl groups is 1. The molecule has 0 aliphatic heterocycles. The third-order valence-corrected chi connectivity index (χ3v) is 5.40. The maximum absolute atomic E-state index is 9.76. The van der Waals surface area contributed by atoms with E-state index in [9.17, 15) is 5.11 Å². The Labute approximate surface area is 161 Å². The van der Waals surface area contributed by atoms with Crippen LogP contribution in [0, 0.1) is 0 Å². The summed E-state index contributed by atoms with van der Waals surface area (Å²) in [6, 6.07) is 8.09. The zero-order valence-corrected chi connectivity index (χ0v) is 15.7. The number of nitrogens with zero attached hydrogens (tertiary/aromatic N) is 2. The van der Waals surface area contributed by atoms with Crippen LogP contribution in [0.5, 0.6) is 0 Å². The largest absolute Gasteiger partial charge is 0.393 e. The molecule has 1 aliphatic rings. The second-order valence-corrected chi connectivity index (χ2v) is 7.57. The molecule has 1 fully saturated rings. The van der Waals surface area contributed by atoms with Gasteiger partial charge in [0.05, 0.1) is 6.10 Å². The summed E-state index contributed by atoms with van der Waals surface area (Å²) in [7, 11) is 0. The quantitative estimate of drug-likeness (QED) is 0.558. The van der Waals surface area contributed by atoms with Crippen LogP contribution in [0.1, 0.15) is 36.3 Å². The van der Waals surface area contributed by atoms with Crippen molar-refractivity contribution in [1.82, 2.24) is 15.0 Å². The molecule has 2 aromatic heterocycles. The molecule has 26 heavy (non-hydrogen) atoms. The summed E-state index contributed by atoms with van der Waals surface area (Å²) >= 11 is 11.8. The van der Waals surface area contributed by atoms with Gasteiger partial charge in [-0.2, -0.15) is 0 Å². The Bertz CT molecular complexity index is 907. The van der Waals surface area contributed by atoms with Crippen LogP contribution in [0.4, 0.5) is 5.95 Å². The van der Waals surface area contributed by atoms with E-state index in [0.29, 0.717) is 28.7 Å². The second kappa shape index (κ2) is 7.43. The number of nitrogens with one attached hydrogen (secondary N) is 2. The fourth-order valence-electron chi connectivity index (χ4n) is 3.70. The number of benzene rings is 1. The van der Waals surface area contributed by atoms with Gasteiger partial charge in [-0.25, -0.2) is 9.97 Å². The van der Waals surface area contributed by atoms with E-state index in [1.807, 2.05) is 6.20 Å². The lowest BCUT2D eigenvalue weighted by Gasteiger charge is -2.10. The third-order valence-electron chi connectivity index (χ3n) is 5.01. The Balaban J connectivity index is 1.44. The number of aromatic nitrogens is 3. The minimum absolute atomic E-state index is 0.150. The Hall–Kier alpha value is -1.82. The molecule has 4 rings (SSSR count). The molecule has 0 saturated heterocycles. The molecule has 7 heteroatoms. The van der Waals surface area contributed by atoms with Gasteiger partial charge in [-0.3, -0.25) is 0 Å². The van der Waals surface area contributed by atoms with E-state index in [2.05, 4.69) is 38.5 Å². The number of halogens is 2. The van der Waals surface area contributed by atoms with Crippen LogP contribution in [0.2, 0.25) is 10.3 Å². The molecule has 2 unspecified atom stereocenters. The van der Waals surface area contributed by atoms with Crippen molar-refractivity contribution in [2.24, 2.45) is 0 Å². The standard InChI is InChI=1S/C19H20Cl2N4O/c20-17-9-18(21)25-19(24-17)22-6-5-13-10-23-16-8-12(2-4-15(13)16)11-1-3-14(26)7-11/h2,4,8-11,14,23,26H,1,3,5-7H2,(H,22,24,25). The van der Waals surface area contributed by atoms with E-state index >= 15 is 0 Å². The minimum atomic E-state index is -0.150. The zero-order valence-electron chi connectivity index (χ0n) is 14.2. The van der Waals surface area contributed by atoms with Gasteiger partial charge in [-0.1, -0.05) is 35.3 Å². The normalized spacial score (nSPS) is 20.0. The van der Waals surface area contributed by atoms with Crippen molar-refractivity contribution in [3.8, 4) is 0 Å². The van der Waals surface area contributed by atoms with Crippen LogP contribution in [-0.2, 0) is 6.42 Å². The average molecular weight is 391 g/mol. The van der Waals surface area contributed by atoms with E-state index in [-0.39, 0.29) is 6.10 Å². The molecule has 0 spiro atoms. The smallest absolute Gasteiger partial charge is 0.225 e. The maximum atomic E-state index is 9.76. The van der Waals surface area contributed by atoms with Crippen LogP contribution < -0.4 is 5.32 Å². The number of rotatable bonds is 5. The average Bonchev–Trinajstić information content (AvgIpc) is 3.20. The van der Waals surface area contributed by atoms with Crippen LogP contribution in [0.15, 0.2) is 30.5 Å². The predicted molar refractivity (Wildman–Crippen MR) is 105 cm³/mol. The van der Waals surface area contributed by atoms with Crippen molar-refractivity contribution in [2.45, 2.75) is 37.7 Å². The molecule has 2 atom stereocenters. The van der Waals surface area contributed by atoms with Gasteiger partial charge in [-0.15, -0.1) is 0 Å². The maximum Gasteiger partial charge on any atom is 0.225 e. The lowest BCUT2D eigenvalue weighted by Crippen LogP contribution is -2.07. The van der Waals surface area contributed by atoms with Crippen LogP contribution >= 0.6 is 23.2 Å². The van der Waals surface area contributed by atoms with Crippen molar-refractivity contribution in [3.05, 3.63) is 51.9 Å². The second-order valence-electron chi connectivity index (χ2n) is 6.80. The molecule has 2 heterocycles. The monoisotopic (exact) mass is 390 g/mol. The molecule has 0 amide bonds. The molecule has 3 N–H and O–H groups in total. The Morgan fingerprint density at radius 2 is 1.96 bits per heavy atom. The van der Waals surface area contributed by atoms with E-state index in [4.69, 9.17) is 23.2 Å². The molecule has 1 saturated carbocycles. The van der Waals surface area contributed by atoms with E-state index in [1.165, 1.54) is 22.6 Å². The minimum Gasteiger partial charge on any atom is -0.393 e. The summed E-state index contributed by atoms with van der Waals surface area (Å²) in [5.74, 6) is 0.900. The summed E-state index contributed by atoms with van der Waals surface area (Å²) in [6.07, 6.45) is 5.56. The fourth-order valence-corrected chi connectivity index (χ4v) is 4.13. The number of hydrogen-bond donors (Lipinski definition) is 3. The number of anilines is 1. The lowest BCUT2D eigenvalue weighted by molar-refractivity contribution is 0.181. The number of H-pyrrole nitrogens is 1. The van der Waals surface area contributed by atoms with E-state index in [0.717, 1.165) is 31.2 Å². The molecule has 0 radical (unpaired) electrons. The fraction of sp³-hybridized carbons (Fsp3) is 0.368. The molecular formula is C19H20Cl2N4O. The van der Waals surface area contributed by atoms with Crippen LogP contribution in [0.3, 0.4) is 0 Å². The first-order valence-electron chi connectivity index (χ1n) is 8.80. The number of hydrogen-bond acceptors (Lipinski definition) is 4. The number of aromatic amines is 1. The zero-order chi connectivity index (χ0) is 18.1. The first-order valence-corrected chi connectivity index (χ1v) is 9.56. The molecule has 1 aromatic carbocycles. The highest BCUT2D eigenvalue weighted by Crippen LogP contribution is 2.35. The Morgan fingerprint density at radius 3 is 2.69 bits per heavy atom. The summed E-state index contributed by atoms with van der Waals surface area (Å²) < 4.78 is 0. The molecule has 5 nitrogen and oxygen atoms in total. The van der Waals surface area contributed by atoms with Crippen LogP contribution in [0.25, 0.3) is 10.9 Å². The van der Waals surface area contributed by atoms with Gasteiger partial charge in [0.25, 0.3) is 0 Å². The Kier molecular flexibility index (Phi) is 5.02. The van der Waals surface area contributed by atoms with Crippen molar-refractivity contribution >= 4 is 40.1 Å². The van der Waals surface area contributed by atoms with Gasteiger partial charge in [0, 0.05) is 29.7 Å². The van der Waals surface area contributed by atoms with Crippen LogP contribution in [-0.4, -0.2) is 32.7 Å². The number of fused-ring (bicyclic) bond motifs is 1. The predicted octanol–water partition coefficient (Wildman–Crippen LogP) is 4.55. The van der Waals surface area contributed by atoms with Crippen molar-refractivity contribution in [3.63, 3.8) is 0 Å². The van der Waals surface area contributed by atoms with E-state index < -0.39 is 0 Å². The topological polar surface area (TPSA) is 73.8 Å². The van der Waals surface area contributed by atoms with Crippen molar-refractivity contribution in [2.75, 3.05) is 11.9 Å². The SMILES string of the molecule is OC1CCC(c2ccc3c(CCNc4nc(Cl)cc(Cl)n4)c[nH]c3c2)C1. The number of aliphatic hydroxyl groups excluding tert-OH is 1. The van der Waals surface area contributed by atoms with Crippen molar-refractivity contribution < 1.29 is 5.11 Å². The van der Waals surface area contributed by atoms with Gasteiger partial charge >= 0.3 is 0 Å². The van der Waals surface area contributed by atoms with Gasteiger partial charge < -0.3 is 15.4 Å². The van der Waals surface area contributed by atoms with Gasteiger partial charge in [0.2, 0.25) is 5.95 Å². The van der Waals surface area contributed by atoms with E-state index in [1.54, 1.807) is 0 Å². The van der Waals surface area contributed by atoms with Gasteiger partial charge in [0.15, 0.2) is 0 Å². The highest BCUT2D eigenvalue weighted by Gasteiger charge is 2.24. The lowest BCUT2D eigenvalue weighted by atomic mass is 9.96. The summed E-state index contributed by atoms with van der Waals surface area (Å²) in [6.45, 7) is 0.681. The molecule has 0 bridgehead atoms. The van der Waals surface area contributed by atoms with Crippen molar-refractivity contribution in [1.29, 1.82) is 0 Å². The molecular weight excluding hydrogens is 371 g/mol. The first-order chi connectivity index (χ1) is 12.6. The van der Waals surface area contributed by atoms with Gasteiger partial charge in [0.1, 0.15) is 10.3 Å². The molecule has 3 aromatic rings. The summed E-state index contributed by atoms with van der Waals surface area (Å²) in [5.41, 5.74) is 3.68.